The summed E-state index contributed by atoms with van der Waals surface area (Å²) in [6.07, 6.45) is -4.62. The third kappa shape index (κ3) is 4.86. The molecule has 1 amide bonds. The Morgan fingerprint density at radius 1 is 0.938 bits per heavy atom. The highest BCUT2D eigenvalue weighted by Gasteiger charge is 2.33. The quantitative estimate of drug-likeness (QED) is 0.569. The van der Waals surface area contributed by atoms with E-state index in [-0.39, 0.29) is 21.8 Å². The molecule has 3 rings (SSSR count). The van der Waals surface area contributed by atoms with Crippen LogP contribution in [-0.2, 0) is 16.2 Å². The maximum absolute atomic E-state index is 13.1. The Labute approximate surface area is 183 Å². The number of methoxy groups -OCH3 is 1. The Hall–Kier alpha value is -3.53. The number of ether oxygens (including phenoxy) is 1. The van der Waals surface area contributed by atoms with Gasteiger partial charge in [0.1, 0.15) is 5.75 Å². The predicted molar refractivity (Wildman–Crippen MR) is 114 cm³/mol. The van der Waals surface area contributed by atoms with Gasteiger partial charge in [-0.3, -0.25) is 9.10 Å². The van der Waals surface area contributed by atoms with Crippen molar-refractivity contribution < 1.29 is 31.1 Å². The fraction of sp³-hybridized carbons (Fsp3) is 0.136. The number of carbonyl (C=O) groups is 1. The van der Waals surface area contributed by atoms with E-state index in [4.69, 9.17) is 4.74 Å². The molecule has 168 valence electrons. The molecule has 0 spiro atoms. The van der Waals surface area contributed by atoms with E-state index in [0.717, 1.165) is 16.4 Å². The van der Waals surface area contributed by atoms with E-state index < -0.39 is 27.7 Å². The van der Waals surface area contributed by atoms with Crippen LogP contribution in [0.4, 0.5) is 24.5 Å². The topological polar surface area (TPSA) is 75.7 Å². The van der Waals surface area contributed by atoms with Gasteiger partial charge in [0.25, 0.3) is 15.9 Å². The second kappa shape index (κ2) is 8.91. The summed E-state index contributed by atoms with van der Waals surface area (Å²) in [7, 11) is -1.05. The van der Waals surface area contributed by atoms with E-state index in [1.54, 1.807) is 0 Å². The van der Waals surface area contributed by atoms with Crippen molar-refractivity contribution in [2.24, 2.45) is 0 Å². The van der Waals surface area contributed by atoms with Crippen LogP contribution < -0.4 is 14.4 Å². The molecule has 0 atom stereocenters. The number of nitrogens with zero attached hydrogens (tertiary/aromatic N) is 1. The SMILES string of the molecule is COc1ccc(S(=O)(=O)N(C)c2ccc(C(=O)Nc3ccccc3C(F)(F)F)cc2)cc1. The third-order valence-corrected chi connectivity index (χ3v) is 6.49. The lowest BCUT2D eigenvalue weighted by Crippen LogP contribution is -2.26. The van der Waals surface area contributed by atoms with Crippen LogP contribution in [0, 0.1) is 0 Å². The molecule has 0 aliphatic carbocycles. The summed E-state index contributed by atoms with van der Waals surface area (Å²) in [5.74, 6) is -0.247. The van der Waals surface area contributed by atoms with E-state index in [9.17, 15) is 26.4 Å². The molecule has 6 nitrogen and oxygen atoms in total. The summed E-state index contributed by atoms with van der Waals surface area (Å²) in [6.45, 7) is 0. The van der Waals surface area contributed by atoms with Crippen LogP contribution in [0.3, 0.4) is 0 Å². The van der Waals surface area contributed by atoms with Crippen molar-refractivity contribution in [1.29, 1.82) is 0 Å². The van der Waals surface area contributed by atoms with Crippen LogP contribution in [0.5, 0.6) is 5.75 Å². The minimum atomic E-state index is -4.62. The number of alkyl halides is 3. The van der Waals surface area contributed by atoms with E-state index >= 15 is 0 Å². The molecule has 0 fully saturated rings. The highest BCUT2D eigenvalue weighted by Crippen LogP contribution is 2.34. The maximum atomic E-state index is 13.1. The number of hydrogen-bond acceptors (Lipinski definition) is 4. The molecule has 3 aromatic carbocycles. The fourth-order valence-corrected chi connectivity index (χ4v) is 4.10. The molecule has 0 aliphatic rings. The van der Waals surface area contributed by atoms with Crippen molar-refractivity contribution in [3.05, 3.63) is 83.9 Å². The second-order valence-electron chi connectivity index (χ2n) is 6.69. The lowest BCUT2D eigenvalue weighted by atomic mass is 10.1. The van der Waals surface area contributed by atoms with Gasteiger partial charge in [-0.15, -0.1) is 0 Å². The zero-order chi connectivity index (χ0) is 23.5. The monoisotopic (exact) mass is 464 g/mol. The van der Waals surface area contributed by atoms with Crippen LogP contribution in [0.25, 0.3) is 0 Å². The Balaban J connectivity index is 1.79. The zero-order valence-electron chi connectivity index (χ0n) is 17.1. The van der Waals surface area contributed by atoms with Gasteiger partial charge in [0.15, 0.2) is 0 Å². The minimum Gasteiger partial charge on any atom is -0.497 e. The van der Waals surface area contributed by atoms with Gasteiger partial charge in [0.05, 0.1) is 28.9 Å². The molecular formula is C22H19F3N2O4S. The molecule has 0 heterocycles. The summed E-state index contributed by atoms with van der Waals surface area (Å²) >= 11 is 0. The largest absolute Gasteiger partial charge is 0.497 e. The Morgan fingerprint density at radius 2 is 1.53 bits per heavy atom. The molecule has 3 aromatic rings. The number of hydrogen-bond donors (Lipinski definition) is 1. The first kappa shape index (κ1) is 23.1. The van der Waals surface area contributed by atoms with Crippen molar-refractivity contribution in [3.63, 3.8) is 0 Å². The smallest absolute Gasteiger partial charge is 0.418 e. The van der Waals surface area contributed by atoms with Gasteiger partial charge >= 0.3 is 6.18 Å². The van der Waals surface area contributed by atoms with Crippen LogP contribution in [-0.4, -0.2) is 28.5 Å². The Kier molecular flexibility index (Phi) is 6.45. The van der Waals surface area contributed by atoms with E-state index in [1.807, 2.05) is 0 Å². The van der Waals surface area contributed by atoms with Gasteiger partial charge < -0.3 is 10.1 Å². The number of para-hydroxylation sites is 1. The first-order chi connectivity index (χ1) is 15.0. The van der Waals surface area contributed by atoms with Crippen LogP contribution >= 0.6 is 0 Å². The summed E-state index contributed by atoms with van der Waals surface area (Å²) in [6, 6.07) is 16.0. The predicted octanol–water partition coefficient (Wildman–Crippen LogP) is 4.79. The molecule has 10 heteroatoms. The normalized spacial score (nSPS) is 11.7. The summed E-state index contributed by atoms with van der Waals surface area (Å²) in [5, 5.41) is 2.25. The highest BCUT2D eigenvalue weighted by atomic mass is 32.2. The molecule has 0 bridgehead atoms. The lowest BCUT2D eigenvalue weighted by Gasteiger charge is -2.20. The van der Waals surface area contributed by atoms with Gasteiger partial charge in [0, 0.05) is 12.6 Å². The molecule has 0 saturated carbocycles. The van der Waals surface area contributed by atoms with Crippen molar-refractivity contribution in [3.8, 4) is 5.75 Å². The number of carbonyl (C=O) groups excluding carboxylic acids is 1. The molecule has 0 aliphatic heterocycles. The van der Waals surface area contributed by atoms with Gasteiger partial charge in [-0.2, -0.15) is 13.2 Å². The van der Waals surface area contributed by atoms with Crippen LogP contribution in [0.15, 0.2) is 77.7 Å². The molecule has 0 saturated heterocycles. The number of benzene rings is 3. The van der Waals surface area contributed by atoms with E-state index in [1.165, 1.54) is 74.8 Å². The highest BCUT2D eigenvalue weighted by molar-refractivity contribution is 7.92. The molecule has 0 aromatic heterocycles. The first-order valence-corrected chi connectivity index (χ1v) is 10.7. The molecule has 32 heavy (non-hydrogen) atoms. The van der Waals surface area contributed by atoms with Gasteiger partial charge in [-0.25, -0.2) is 8.42 Å². The maximum Gasteiger partial charge on any atom is 0.418 e. The summed E-state index contributed by atoms with van der Waals surface area (Å²) in [4.78, 5) is 12.5. The number of anilines is 2. The van der Waals surface area contributed by atoms with E-state index in [2.05, 4.69) is 5.32 Å². The van der Waals surface area contributed by atoms with Crippen molar-refractivity contribution in [2.75, 3.05) is 23.8 Å². The zero-order valence-corrected chi connectivity index (χ0v) is 17.9. The molecule has 0 radical (unpaired) electrons. The number of rotatable bonds is 6. The van der Waals surface area contributed by atoms with Gasteiger partial charge in [0.2, 0.25) is 0 Å². The lowest BCUT2D eigenvalue weighted by molar-refractivity contribution is -0.136. The third-order valence-electron chi connectivity index (χ3n) is 4.69. The fourth-order valence-electron chi connectivity index (χ4n) is 2.90. The Morgan fingerprint density at radius 3 is 2.09 bits per heavy atom. The first-order valence-electron chi connectivity index (χ1n) is 9.24. The molecular weight excluding hydrogens is 445 g/mol. The van der Waals surface area contributed by atoms with Gasteiger partial charge in [-0.1, -0.05) is 12.1 Å². The van der Waals surface area contributed by atoms with E-state index in [0.29, 0.717) is 5.75 Å². The summed E-state index contributed by atoms with van der Waals surface area (Å²) < 4.78 is 71.1. The van der Waals surface area contributed by atoms with Crippen molar-refractivity contribution in [1.82, 2.24) is 0 Å². The van der Waals surface area contributed by atoms with Crippen LogP contribution in [0.1, 0.15) is 15.9 Å². The average Bonchev–Trinajstić information content (AvgIpc) is 2.78. The van der Waals surface area contributed by atoms with Crippen molar-refractivity contribution in [2.45, 2.75) is 11.1 Å². The number of sulfonamides is 1. The summed E-state index contributed by atoms with van der Waals surface area (Å²) in [5.41, 5.74) is -0.988. The van der Waals surface area contributed by atoms with Gasteiger partial charge in [-0.05, 0) is 60.7 Å². The number of nitrogens with one attached hydrogen (secondary N) is 1. The standard InChI is InChI=1S/C22H19F3N2O4S/c1-27(32(29,30)18-13-11-17(31-2)12-14-18)16-9-7-15(8-10-16)21(28)26-20-6-4-3-5-19(20)22(23,24)25/h3-14H,1-2H3,(H,26,28). The molecule has 0 unspecified atom stereocenters. The number of halogens is 3. The second-order valence-corrected chi connectivity index (χ2v) is 8.66. The van der Waals surface area contributed by atoms with Crippen LogP contribution in [0.2, 0.25) is 0 Å². The molecule has 1 N–H and O–H groups in total. The number of amides is 1. The van der Waals surface area contributed by atoms with Crippen molar-refractivity contribution >= 4 is 27.3 Å². The minimum absolute atomic E-state index is 0.0476. The average molecular weight is 464 g/mol. The Bertz CT molecular complexity index is 1210.